The third kappa shape index (κ3) is 2.00. The van der Waals surface area contributed by atoms with Gasteiger partial charge in [0.1, 0.15) is 0 Å². The van der Waals surface area contributed by atoms with Crippen LogP contribution < -0.4 is 0 Å². The number of aliphatic hydroxyl groups is 2. The fourth-order valence-corrected chi connectivity index (χ4v) is 8.25. The molecule has 132 valence electrons. The summed E-state index contributed by atoms with van der Waals surface area (Å²) in [4.78, 5) is 0. The van der Waals surface area contributed by atoms with Gasteiger partial charge >= 0.3 is 0 Å². The Kier molecular flexibility index (Phi) is 3.54. The summed E-state index contributed by atoms with van der Waals surface area (Å²) in [5.41, 5.74) is 0.541. The van der Waals surface area contributed by atoms with E-state index in [2.05, 4.69) is 20.8 Å². The molecule has 0 aromatic heterocycles. The maximum atomic E-state index is 11.2. The van der Waals surface area contributed by atoms with Crippen LogP contribution in [0.3, 0.4) is 0 Å². The third-order valence-corrected chi connectivity index (χ3v) is 9.47. The van der Waals surface area contributed by atoms with Crippen LogP contribution in [0.4, 0.5) is 0 Å². The Morgan fingerprint density at radius 2 is 1.74 bits per heavy atom. The monoisotopic (exact) mass is 320 g/mol. The maximum absolute atomic E-state index is 11.2. The van der Waals surface area contributed by atoms with Crippen molar-refractivity contribution in [2.24, 2.45) is 34.0 Å². The molecular weight excluding hydrogens is 284 g/mol. The van der Waals surface area contributed by atoms with Gasteiger partial charge < -0.3 is 10.2 Å². The van der Waals surface area contributed by atoms with Crippen LogP contribution in [0.25, 0.3) is 0 Å². The molecule has 2 bridgehead atoms. The van der Waals surface area contributed by atoms with Gasteiger partial charge in [-0.1, -0.05) is 27.2 Å². The van der Waals surface area contributed by atoms with Crippen molar-refractivity contribution in [3.8, 4) is 0 Å². The van der Waals surface area contributed by atoms with Gasteiger partial charge in [0.25, 0.3) is 0 Å². The Morgan fingerprint density at radius 3 is 2.43 bits per heavy atom. The van der Waals surface area contributed by atoms with E-state index in [4.69, 9.17) is 0 Å². The molecule has 1 spiro atoms. The van der Waals surface area contributed by atoms with Crippen LogP contribution in [0.5, 0.6) is 0 Å². The molecule has 0 aromatic rings. The first-order chi connectivity index (χ1) is 10.8. The van der Waals surface area contributed by atoms with E-state index in [9.17, 15) is 10.2 Å². The first kappa shape index (κ1) is 16.4. The highest BCUT2D eigenvalue weighted by Crippen LogP contribution is 2.72. The Hall–Kier alpha value is -0.0800. The lowest BCUT2D eigenvalue weighted by Gasteiger charge is -2.70. The van der Waals surface area contributed by atoms with Crippen molar-refractivity contribution < 1.29 is 10.2 Å². The largest absolute Gasteiger partial charge is 0.396 e. The minimum atomic E-state index is -0.382. The van der Waals surface area contributed by atoms with Gasteiger partial charge in [0.05, 0.1) is 5.60 Å². The van der Waals surface area contributed by atoms with E-state index in [0.717, 1.165) is 18.8 Å². The normalized spacial score (nSPS) is 58.6. The van der Waals surface area contributed by atoms with Crippen molar-refractivity contribution in [3.05, 3.63) is 0 Å². The molecule has 0 aromatic carbocycles. The molecule has 5 rings (SSSR count). The van der Waals surface area contributed by atoms with Crippen LogP contribution in [0.2, 0.25) is 0 Å². The molecule has 0 radical (unpaired) electrons. The molecule has 0 unspecified atom stereocenters. The molecular formula is C21H36O2. The van der Waals surface area contributed by atoms with Gasteiger partial charge in [-0.15, -0.1) is 0 Å². The summed E-state index contributed by atoms with van der Waals surface area (Å²) >= 11 is 0. The number of aliphatic hydroxyl groups excluding tert-OH is 1. The zero-order valence-corrected chi connectivity index (χ0v) is 15.4. The number of hydrogen-bond donors (Lipinski definition) is 2. The van der Waals surface area contributed by atoms with Gasteiger partial charge in [0.15, 0.2) is 0 Å². The van der Waals surface area contributed by atoms with E-state index >= 15 is 0 Å². The van der Waals surface area contributed by atoms with E-state index in [1.807, 2.05) is 0 Å². The van der Waals surface area contributed by atoms with E-state index in [0.29, 0.717) is 29.3 Å². The highest BCUT2D eigenvalue weighted by molar-refractivity contribution is 5.16. The highest BCUT2D eigenvalue weighted by atomic mass is 16.3. The second kappa shape index (κ2) is 4.97. The first-order valence-electron chi connectivity index (χ1n) is 10.2. The van der Waals surface area contributed by atoms with Gasteiger partial charge in [-0.05, 0) is 91.8 Å². The average Bonchev–Trinajstić information content (AvgIpc) is 2.54. The molecule has 2 N–H and O–H groups in total. The molecule has 0 saturated heterocycles. The van der Waals surface area contributed by atoms with Crippen molar-refractivity contribution in [2.45, 2.75) is 90.6 Å². The minimum Gasteiger partial charge on any atom is -0.396 e. The predicted octanol–water partition coefficient (Wildman–Crippen LogP) is 4.53. The van der Waals surface area contributed by atoms with Crippen LogP contribution in [0.15, 0.2) is 0 Å². The maximum Gasteiger partial charge on any atom is 0.0678 e. The Balaban J connectivity index is 1.71. The van der Waals surface area contributed by atoms with Crippen molar-refractivity contribution in [1.82, 2.24) is 0 Å². The number of fused-ring (bicyclic) bond motifs is 3. The topological polar surface area (TPSA) is 40.5 Å². The zero-order chi connectivity index (χ0) is 16.5. The van der Waals surface area contributed by atoms with E-state index < -0.39 is 0 Å². The second-order valence-corrected chi connectivity index (χ2v) is 10.3. The fraction of sp³-hybridized carbons (Fsp3) is 1.00. The summed E-state index contributed by atoms with van der Waals surface area (Å²) in [5.74, 6) is 1.99. The van der Waals surface area contributed by atoms with Crippen molar-refractivity contribution >= 4 is 0 Å². The summed E-state index contributed by atoms with van der Waals surface area (Å²) in [6, 6.07) is 0. The van der Waals surface area contributed by atoms with Crippen molar-refractivity contribution in [2.75, 3.05) is 6.61 Å². The summed E-state index contributed by atoms with van der Waals surface area (Å²) in [6.07, 6.45) is 12.2. The zero-order valence-electron chi connectivity index (χ0n) is 15.4. The highest BCUT2D eigenvalue weighted by Gasteiger charge is 2.66. The lowest BCUT2D eigenvalue weighted by molar-refractivity contribution is -0.239. The predicted molar refractivity (Wildman–Crippen MR) is 93.0 cm³/mol. The first-order valence-corrected chi connectivity index (χ1v) is 10.2. The van der Waals surface area contributed by atoms with E-state index in [1.165, 1.54) is 51.4 Å². The van der Waals surface area contributed by atoms with E-state index in [-0.39, 0.29) is 11.0 Å². The van der Waals surface area contributed by atoms with E-state index in [1.54, 1.807) is 0 Å². The molecule has 5 aliphatic rings. The van der Waals surface area contributed by atoms with Crippen LogP contribution in [-0.2, 0) is 0 Å². The minimum absolute atomic E-state index is 0.131. The molecule has 5 aliphatic carbocycles. The van der Waals surface area contributed by atoms with Gasteiger partial charge in [0.2, 0.25) is 0 Å². The van der Waals surface area contributed by atoms with Gasteiger partial charge in [-0.3, -0.25) is 0 Å². The van der Waals surface area contributed by atoms with Crippen molar-refractivity contribution in [1.29, 1.82) is 0 Å². The number of rotatable bonds is 2. The Bertz CT molecular complexity index is 490. The number of hydrogen-bond acceptors (Lipinski definition) is 2. The average molecular weight is 321 g/mol. The van der Waals surface area contributed by atoms with Gasteiger partial charge in [-0.2, -0.15) is 0 Å². The second-order valence-electron chi connectivity index (χ2n) is 10.3. The third-order valence-electron chi connectivity index (χ3n) is 9.47. The van der Waals surface area contributed by atoms with Crippen LogP contribution >= 0.6 is 0 Å². The molecule has 0 amide bonds. The fourth-order valence-electron chi connectivity index (χ4n) is 8.25. The molecule has 2 heteroatoms. The lowest BCUT2D eigenvalue weighted by atomic mass is 9.35. The Morgan fingerprint density at radius 1 is 1.00 bits per heavy atom. The molecule has 0 aliphatic heterocycles. The molecule has 5 fully saturated rings. The Labute approximate surface area is 142 Å². The van der Waals surface area contributed by atoms with Crippen LogP contribution in [0.1, 0.15) is 85.0 Å². The standard InChI is InChI=1S/C21H36O2/c1-4-21(23)13-20-10-6-15(21)12-17(20)19(3)9-5-8-18(2,14-22)16(19)7-11-20/h15-17,22-23H,4-14H2,1-3H3/t15-,16+,17-,18-,19+,20+,21+/m0/s1. The molecule has 2 nitrogen and oxygen atoms in total. The van der Waals surface area contributed by atoms with Gasteiger partial charge in [0, 0.05) is 6.61 Å². The molecule has 0 heterocycles. The molecule has 5 saturated carbocycles. The van der Waals surface area contributed by atoms with Crippen LogP contribution in [0, 0.1) is 34.0 Å². The van der Waals surface area contributed by atoms with Gasteiger partial charge in [-0.25, -0.2) is 0 Å². The lowest BCUT2D eigenvalue weighted by Crippen LogP contribution is -2.65. The quantitative estimate of drug-likeness (QED) is 0.784. The summed E-state index contributed by atoms with van der Waals surface area (Å²) in [5, 5.41) is 21.3. The van der Waals surface area contributed by atoms with Crippen molar-refractivity contribution in [3.63, 3.8) is 0 Å². The smallest absolute Gasteiger partial charge is 0.0678 e. The summed E-state index contributed by atoms with van der Waals surface area (Å²) in [6.45, 7) is 7.44. The SMILES string of the molecule is CC[C@@]1(O)C[C@]23CC[C@H]1C[C@H]2[C@]1(C)CCC[C@@](C)(CO)[C@H]1CC3. The molecule has 7 atom stereocenters. The summed E-state index contributed by atoms with van der Waals surface area (Å²) < 4.78 is 0. The summed E-state index contributed by atoms with van der Waals surface area (Å²) in [7, 11) is 0. The van der Waals surface area contributed by atoms with Crippen LogP contribution in [-0.4, -0.2) is 22.4 Å². The molecule has 23 heavy (non-hydrogen) atoms.